The van der Waals surface area contributed by atoms with Crippen molar-refractivity contribution >= 4 is 11.4 Å². The van der Waals surface area contributed by atoms with Gasteiger partial charge in [0.2, 0.25) is 0 Å². The Morgan fingerprint density at radius 1 is 1.35 bits per heavy atom. The van der Waals surface area contributed by atoms with Gasteiger partial charge in [0.05, 0.1) is 11.7 Å². The number of methoxy groups -OCH3 is 1. The van der Waals surface area contributed by atoms with Crippen molar-refractivity contribution in [2.75, 3.05) is 30.8 Å². The predicted molar refractivity (Wildman–Crippen MR) is 58.9 cm³/mol. The molecule has 0 spiro atoms. The Labute approximate surface area is 97.0 Å². The molecule has 0 atom stereocenters. The minimum Gasteiger partial charge on any atom is -0.398 e. The lowest BCUT2D eigenvalue weighted by Crippen LogP contribution is -2.51. The maximum atomic E-state index is 12.6. The summed E-state index contributed by atoms with van der Waals surface area (Å²) >= 11 is 0. The molecule has 94 valence electrons. The van der Waals surface area contributed by atoms with Crippen LogP contribution in [0.25, 0.3) is 0 Å². The van der Waals surface area contributed by atoms with Crippen LogP contribution in [0.2, 0.25) is 0 Å². The minimum atomic E-state index is -4.41. The van der Waals surface area contributed by atoms with E-state index in [-0.39, 0.29) is 11.8 Å². The molecule has 1 aliphatic heterocycles. The van der Waals surface area contributed by atoms with Gasteiger partial charge < -0.3 is 15.4 Å². The number of nitrogens with two attached hydrogens (primary N) is 1. The number of nitrogen functional groups attached to an aromatic ring is 1. The first-order valence-electron chi connectivity index (χ1n) is 5.16. The molecule has 0 radical (unpaired) electrons. The third kappa shape index (κ3) is 2.31. The second-order valence-electron chi connectivity index (χ2n) is 4.03. The van der Waals surface area contributed by atoms with E-state index in [0.29, 0.717) is 18.8 Å². The third-order valence-corrected chi connectivity index (χ3v) is 2.89. The number of nitrogens with zero attached hydrogens (tertiary/aromatic N) is 1. The normalized spacial score (nSPS) is 17.1. The molecule has 1 fully saturated rings. The second kappa shape index (κ2) is 4.10. The zero-order valence-corrected chi connectivity index (χ0v) is 9.29. The van der Waals surface area contributed by atoms with Gasteiger partial charge in [-0.2, -0.15) is 13.2 Å². The van der Waals surface area contributed by atoms with E-state index >= 15 is 0 Å². The molecule has 0 aliphatic carbocycles. The molecule has 17 heavy (non-hydrogen) atoms. The van der Waals surface area contributed by atoms with E-state index in [1.807, 2.05) is 4.90 Å². The average molecular weight is 246 g/mol. The fourth-order valence-corrected chi connectivity index (χ4v) is 1.78. The summed E-state index contributed by atoms with van der Waals surface area (Å²) < 4.78 is 43.0. The molecule has 0 bridgehead atoms. The van der Waals surface area contributed by atoms with Crippen LogP contribution < -0.4 is 10.6 Å². The summed E-state index contributed by atoms with van der Waals surface area (Å²) in [7, 11) is 1.59. The lowest BCUT2D eigenvalue weighted by atomic mass is 10.1. The van der Waals surface area contributed by atoms with E-state index in [4.69, 9.17) is 10.5 Å². The lowest BCUT2D eigenvalue weighted by molar-refractivity contribution is -0.136. The fourth-order valence-electron chi connectivity index (χ4n) is 1.78. The number of halogens is 3. The van der Waals surface area contributed by atoms with E-state index in [9.17, 15) is 13.2 Å². The summed E-state index contributed by atoms with van der Waals surface area (Å²) in [6.45, 7) is 1.22. The number of anilines is 2. The Balaban J connectivity index is 2.21. The van der Waals surface area contributed by atoms with Gasteiger partial charge in [-0.3, -0.25) is 0 Å². The molecule has 2 rings (SSSR count). The highest BCUT2D eigenvalue weighted by atomic mass is 19.4. The number of benzene rings is 1. The molecular weight excluding hydrogens is 233 g/mol. The zero-order chi connectivity index (χ0) is 12.6. The molecule has 3 nitrogen and oxygen atoms in total. The van der Waals surface area contributed by atoms with Crippen LogP contribution in [-0.2, 0) is 10.9 Å². The first-order valence-corrected chi connectivity index (χ1v) is 5.16. The maximum Gasteiger partial charge on any atom is 0.418 e. The molecular formula is C11H13F3N2O. The summed E-state index contributed by atoms with van der Waals surface area (Å²) in [5.41, 5.74) is 4.83. The van der Waals surface area contributed by atoms with Crippen LogP contribution in [0, 0.1) is 0 Å². The standard InChI is InChI=1S/C11H13F3N2O/c1-17-8-5-16(6-8)7-2-3-10(15)9(4-7)11(12,13)14/h2-4,8H,5-6,15H2,1H3. The van der Waals surface area contributed by atoms with Gasteiger partial charge >= 0.3 is 6.18 Å². The largest absolute Gasteiger partial charge is 0.418 e. The molecule has 0 aromatic heterocycles. The summed E-state index contributed by atoms with van der Waals surface area (Å²) in [6.07, 6.45) is -4.31. The highest BCUT2D eigenvalue weighted by Gasteiger charge is 2.34. The predicted octanol–water partition coefficient (Wildman–Crippen LogP) is 2.12. The fraction of sp³-hybridized carbons (Fsp3) is 0.455. The quantitative estimate of drug-likeness (QED) is 0.812. The van der Waals surface area contributed by atoms with E-state index in [1.165, 1.54) is 6.07 Å². The van der Waals surface area contributed by atoms with Gasteiger partial charge in [0.15, 0.2) is 0 Å². The Kier molecular flexibility index (Phi) is 2.91. The van der Waals surface area contributed by atoms with E-state index in [0.717, 1.165) is 6.07 Å². The molecule has 2 N–H and O–H groups in total. The van der Waals surface area contributed by atoms with E-state index < -0.39 is 11.7 Å². The molecule has 6 heteroatoms. The number of hydrogen-bond donors (Lipinski definition) is 1. The molecule has 1 aliphatic rings. The van der Waals surface area contributed by atoms with Crippen LogP contribution in [0.3, 0.4) is 0 Å². The van der Waals surface area contributed by atoms with Crippen molar-refractivity contribution in [3.8, 4) is 0 Å². The first-order chi connectivity index (χ1) is 7.91. The Morgan fingerprint density at radius 2 is 2.00 bits per heavy atom. The Morgan fingerprint density at radius 3 is 2.53 bits per heavy atom. The molecule has 1 aromatic carbocycles. The number of hydrogen-bond acceptors (Lipinski definition) is 3. The van der Waals surface area contributed by atoms with Gasteiger partial charge in [0.25, 0.3) is 0 Å². The van der Waals surface area contributed by atoms with Crippen LogP contribution in [0.15, 0.2) is 18.2 Å². The van der Waals surface area contributed by atoms with Crippen molar-refractivity contribution in [1.29, 1.82) is 0 Å². The Bertz CT molecular complexity index is 414. The highest BCUT2D eigenvalue weighted by Crippen LogP contribution is 2.36. The van der Waals surface area contributed by atoms with Crippen LogP contribution in [0.4, 0.5) is 24.5 Å². The van der Waals surface area contributed by atoms with E-state index in [2.05, 4.69) is 0 Å². The zero-order valence-electron chi connectivity index (χ0n) is 9.29. The van der Waals surface area contributed by atoms with Gasteiger partial charge in [0, 0.05) is 31.6 Å². The smallest absolute Gasteiger partial charge is 0.398 e. The second-order valence-corrected chi connectivity index (χ2v) is 4.03. The lowest BCUT2D eigenvalue weighted by Gasteiger charge is -2.40. The van der Waals surface area contributed by atoms with E-state index in [1.54, 1.807) is 13.2 Å². The third-order valence-electron chi connectivity index (χ3n) is 2.89. The summed E-state index contributed by atoms with van der Waals surface area (Å²) in [6, 6.07) is 3.97. The number of rotatable bonds is 2. The average Bonchev–Trinajstić information content (AvgIpc) is 2.17. The van der Waals surface area contributed by atoms with Gasteiger partial charge in [-0.15, -0.1) is 0 Å². The summed E-state index contributed by atoms with van der Waals surface area (Å²) in [4.78, 5) is 1.82. The molecule has 1 aromatic rings. The van der Waals surface area contributed by atoms with Crippen LogP contribution in [0.1, 0.15) is 5.56 Å². The minimum absolute atomic E-state index is 0.0990. The molecule has 1 heterocycles. The van der Waals surface area contributed by atoms with Crippen molar-refractivity contribution in [1.82, 2.24) is 0 Å². The maximum absolute atomic E-state index is 12.6. The van der Waals surface area contributed by atoms with Crippen molar-refractivity contribution in [3.63, 3.8) is 0 Å². The van der Waals surface area contributed by atoms with Crippen LogP contribution in [0.5, 0.6) is 0 Å². The van der Waals surface area contributed by atoms with Gasteiger partial charge in [-0.25, -0.2) is 0 Å². The SMILES string of the molecule is COC1CN(c2ccc(N)c(C(F)(F)F)c2)C1. The summed E-state index contributed by atoms with van der Waals surface area (Å²) in [5, 5.41) is 0. The van der Waals surface area contributed by atoms with Crippen LogP contribution >= 0.6 is 0 Å². The topological polar surface area (TPSA) is 38.5 Å². The highest BCUT2D eigenvalue weighted by molar-refractivity contribution is 5.60. The molecule has 1 saturated heterocycles. The van der Waals surface area contributed by atoms with Gasteiger partial charge in [0.1, 0.15) is 0 Å². The Hall–Kier alpha value is -1.43. The summed E-state index contributed by atoms with van der Waals surface area (Å²) in [5.74, 6) is 0. The molecule has 0 saturated carbocycles. The molecule has 0 amide bonds. The number of ether oxygens (including phenoxy) is 1. The number of alkyl halides is 3. The van der Waals surface area contributed by atoms with Gasteiger partial charge in [-0.1, -0.05) is 0 Å². The monoisotopic (exact) mass is 246 g/mol. The van der Waals surface area contributed by atoms with Crippen molar-refractivity contribution < 1.29 is 17.9 Å². The van der Waals surface area contributed by atoms with Crippen molar-refractivity contribution in [2.45, 2.75) is 12.3 Å². The van der Waals surface area contributed by atoms with Crippen molar-refractivity contribution in [3.05, 3.63) is 23.8 Å². The van der Waals surface area contributed by atoms with Crippen molar-refractivity contribution in [2.24, 2.45) is 0 Å². The van der Waals surface area contributed by atoms with Gasteiger partial charge in [-0.05, 0) is 18.2 Å². The van der Waals surface area contributed by atoms with Crippen LogP contribution in [-0.4, -0.2) is 26.3 Å². The first kappa shape index (κ1) is 12.0. The molecule has 0 unspecified atom stereocenters.